The Labute approximate surface area is 82.4 Å². The van der Waals surface area contributed by atoms with Gasteiger partial charge in [-0.15, -0.1) is 0 Å². The van der Waals surface area contributed by atoms with E-state index in [1.807, 2.05) is 0 Å². The van der Waals surface area contributed by atoms with E-state index in [1.54, 1.807) is 12.1 Å². The lowest BCUT2D eigenvalue weighted by Gasteiger charge is -2.17. The van der Waals surface area contributed by atoms with Crippen molar-refractivity contribution in [3.8, 4) is 5.75 Å². The molecule has 1 aromatic carbocycles. The van der Waals surface area contributed by atoms with E-state index >= 15 is 0 Å². The largest absolute Gasteiger partial charge is 0.496 e. The molecule has 0 fully saturated rings. The van der Waals surface area contributed by atoms with Crippen molar-refractivity contribution >= 4 is 0 Å². The lowest BCUT2D eigenvalue weighted by molar-refractivity contribution is -0.108. The molecule has 0 spiro atoms. The Kier molecular flexibility index (Phi) is 3.85. The third kappa shape index (κ3) is 2.02. The predicted octanol–water partition coefficient (Wildman–Crippen LogP) is 2.13. The minimum absolute atomic E-state index is 0.278. The van der Waals surface area contributed by atoms with Gasteiger partial charge in [-0.25, -0.2) is 4.39 Å². The Morgan fingerprint density at radius 2 is 1.79 bits per heavy atom. The van der Waals surface area contributed by atoms with Crippen LogP contribution in [-0.4, -0.2) is 21.3 Å². The summed E-state index contributed by atoms with van der Waals surface area (Å²) in [5.41, 5.74) is 0.278. The Bertz CT molecular complexity index is 297. The van der Waals surface area contributed by atoms with Crippen LogP contribution in [0.5, 0.6) is 5.75 Å². The van der Waals surface area contributed by atoms with Crippen LogP contribution in [0, 0.1) is 5.82 Å². The maximum Gasteiger partial charge on any atom is 0.189 e. The highest BCUT2D eigenvalue weighted by Gasteiger charge is 2.19. The van der Waals surface area contributed by atoms with Crippen molar-refractivity contribution in [2.75, 3.05) is 21.3 Å². The number of benzene rings is 1. The van der Waals surface area contributed by atoms with Crippen LogP contribution in [0.1, 0.15) is 11.9 Å². The first-order chi connectivity index (χ1) is 6.74. The summed E-state index contributed by atoms with van der Waals surface area (Å²) in [7, 11) is 4.36. The molecule has 0 amide bonds. The van der Waals surface area contributed by atoms with Gasteiger partial charge in [0.15, 0.2) is 6.29 Å². The van der Waals surface area contributed by atoms with Crippen molar-refractivity contribution < 1.29 is 18.6 Å². The highest BCUT2D eigenvalue weighted by Crippen LogP contribution is 2.29. The molecular weight excluding hydrogens is 187 g/mol. The highest BCUT2D eigenvalue weighted by atomic mass is 19.1. The molecule has 0 aliphatic heterocycles. The minimum atomic E-state index is -0.744. The number of hydrogen-bond acceptors (Lipinski definition) is 3. The fraction of sp³-hybridized carbons (Fsp3) is 0.400. The minimum Gasteiger partial charge on any atom is -0.496 e. The Balaban J connectivity index is 3.14. The first-order valence-electron chi connectivity index (χ1n) is 4.12. The Morgan fingerprint density at radius 1 is 1.14 bits per heavy atom. The van der Waals surface area contributed by atoms with Gasteiger partial charge in [0, 0.05) is 14.2 Å². The van der Waals surface area contributed by atoms with Gasteiger partial charge in [-0.3, -0.25) is 0 Å². The predicted molar refractivity (Wildman–Crippen MR) is 49.7 cm³/mol. The second-order valence-corrected chi connectivity index (χ2v) is 2.66. The first kappa shape index (κ1) is 10.9. The fourth-order valence-corrected chi connectivity index (χ4v) is 1.26. The summed E-state index contributed by atoms with van der Waals surface area (Å²) in [5, 5.41) is 0. The normalized spacial score (nSPS) is 10.6. The first-order valence-corrected chi connectivity index (χ1v) is 4.12. The molecule has 3 nitrogen and oxygen atoms in total. The van der Waals surface area contributed by atoms with Crippen molar-refractivity contribution in [3.05, 3.63) is 29.6 Å². The molecule has 0 aromatic heterocycles. The van der Waals surface area contributed by atoms with E-state index in [0.29, 0.717) is 5.75 Å². The summed E-state index contributed by atoms with van der Waals surface area (Å²) in [6.07, 6.45) is -0.744. The summed E-state index contributed by atoms with van der Waals surface area (Å²) >= 11 is 0. The summed E-state index contributed by atoms with van der Waals surface area (Å²) < 4.78 is 28.4. The molecule has 0 atom stereocenters. The van der Waals surface area contributed by atoms with Gasteiger partial charge < -0.3 is 14.2 Å². The molecule has 0 saturated heterocycles. The lowest BCUT2D eigenvalue weighted by Crippen LogP contribution is -2.08. The third-order valence-electron chi connectivity index (χ3n) is 1.90. The van der Waals surface area contributed by atoms with E-state index in [4.69, 9.17) is 14.2 Å². The molecule has 0 radical (unpaired) electrons. The van der Waals surface area contributed by atoms with Crippen LogP contribution in [0.4, 0.5) is 4.39 Å². The van der Waals surface area contributed by atoms with Gasteiger partial charge in [0.1, 0.15) is 11.6 Å². The molecular formula is C10H13FO3. The molecule has 0 aliphatic rings. The van der Waals surface area contributed by atoms with Gasteiger partial charge in [0.25, 0.3) is 0 Å². The van der Waals surface area contributed by atoms with Crippen molar-refractivity contribution in [3.63, 3.8) is 0 Å². The van der Waals surface area contributed by atoms with E-state index in [2.05, 4.69) is 0 Å². The molecule has 4 heteroatoms. The van der Waals surface area contributed by atoms with Crippen molar-refractivity contribution in [2.45, 2.75) is 6.29 Å². The molecule has 0 bridgehead atoms. The van der Waals surface area contributed by atoms with Crippen LogP contribution in [0.15, 0.2) is 18.2 Å². The second-order valence-electron chi connectivity index (χ2n) is 2.66. The standard InChI is InChI=1S/C10H13FO3/c1-12-8-6-4-5-7(11)9(8)10(13-2)14-3/h4-6,10H,1-3H3. The molecule has 1 rings (SSSR count). The second kappa shape index (κ2) is 4.93. The topological polar surface area (TPSA) is 27.7 Å². The van der Waals surface area contributed by atoms with Gasteiger partial charge in [-0.2, -0.15) is 0 Å². The summed E-state index contributed by atoms with van der Waals surface area (Å²) in [4.78, 5) is 0. The number of hydrogen-bond donors (Lipinski definition) is 0. The van der Waals surface area contributed by atoms with E-state index in [-0.39, 0.29) is 5.56 Å². The molecule has 0 aliphatic carbocycles. The Hall–Kier alpha value is -1.13. The maximum absolute atomic E-state index is 13.4. The fourth-order valence-electron chi connectivity index (χ4n) is 1.26. The van der Waals surface area contributed by atoms with Crippen LogP contribution >= 0.6 is 0 Å². The lowest BCUT2D eigenvalue weighted by atomic mass is 10.2. The number of halogens is 1. The highest BCUT2D eigenvalue weighted by molar-refractivity contribution is 5.35. The Morgan fingerprint density at radius 3 is 2.29 bits per heavy atom. The van der Waals surface area contributed by atoms with Crippen LogP contribution in [-0.2, 0) is 9.47 Å². The number of methoxy groups -OCH3 is 3. The molecule has 14 heavy (non-hydrogen) atoms. The molecule has 0 N–H and O–H groups in total. The summed E-state index contributed by atoms with van der Waals surface area (Å²) in [6.45, 7) is 0. The quantitative estimate of drug-likeness (QED) is 0.697. The van der Waals surface area contributed by atoms with Crippen LogP contribution < -0.4 is 4.74 Å². The number of ether oxygens (including phenoxy) is 3. The van der Waals surface area contributed by atoms with Gasteiger partial charge in [0.2, 0.25) is 0 Å². The average molecular weight is 200 g/mol. The summed E-state index contributed by atoms with van der Waals surface area (Å²) in [6, 6.07) is 4.56. The van der Waals surface area contributed by atoms with Gasteiger partial charge >= 0.3 is 0 Å². The molecule has 0 unspecified atom stereocenters. The van der Waals surface area contributed by atoms with Gasteiger partial charge in [-0.1, -0.05) is 6.07 Å². The van der Waals surface area contributed by atoms with Crippen molar-refractivity contribution in [2.24, 2.45) is 0 Å². The number of rotatable bonds is 4. The zero-order valence-electron chi connectivity index (χ0n) is 8.41. The maximum atomic E-state index is 13.4. The molecule has 0 heterocycles. The average Bonchev–Trinajstić information content (AvgIpc) is 2.22. The van der Waals surface area contributed by atoms with E-state index in [1.165, 1.54) is 27.4 Å². The molecule has 1 aromatic rings. The third-order valence-corrected chi connectivity index (χ3v) is 1.90. The molecule has 78 valence electrons. The van der Waals surface area contributed by atoms with Gasteiger partial charge in [0.05, 0.1) is 12.7 Å². The van der Waals surface area contributed by atoms with Gasteiger partial charge in [-0.05, 0) is 12.1 Å². The van der Waals surface area contributed by atoms with E-state index in [9.17, 15) is 4.39 Å². The smallest absolute Gasteiger partial charge is 0.189 e. The van der Waals surface area contributed by atoms with Crippen molar-refractivity contribution in [1.29, 1.82) is 0 Å². The zero-order valence-corrected chi connectivity index (χ0v) is 8.41. The SMILES string of the molecule is COc1cccc(F)c1C(OC)OC. The van der Waals surface area contributed by atoms with E-state index < -0.39 is 12.1 Å². The van der Waals surface area contributed by atoms with Crippen LogP contribution in [0.3, 0.4) is 0 Å². The van der Waals surface area contributed by atoms with Crippen LogP contribution in [0.2, 0.25) is 0 Å². The van der Waals surface area contributed by atoms with E-state index in [0.717, 1.165) is 0 Å². The zero-order chi connectivity index (χ0) is 10.6. The molecule has 0 saturated carbocycles. The van der Waals surface area contributed by atoms with Crippen LogP contribution in [0.25, 0.3) is 0 Å². The summed E-state index contributed by atoms with van der Waals surface area (Å²) in [5.74, 6) is 0.0109. The monoisotopic (exact) mass is 200 g/mol. The van der Waals surface area contributed by atoms with Crippen molar-refractivity contribution in [1.82, 2.24) is 0 Å².